The first kappa shape index (κ1) is 22.3. The fourth-order valence-corrected chi connectivity index (χ4v) is 3.79. The number of amides is 1. The number of Topliss-reactive ketones (excluding diaryl/α,β-unsaturated/α-hetero) is 1. The second kappa shape index (κ2) is 8.20. The molecular formula is C25H17F4NO3. The van der Waals surface area contributed by atoms with Crippen LogP contribution in [0.25, 0.3) is 5.76 Å². The zero-order valence-electron chi connectivity index (χ0n) is 17.2. The monoisotopic (exact) mass is 455 g/mol. The molecule has 1 amide bonds. The molecular weight excluding hydrogens is 438 g/mol. The first-order chi connectivity index (χ1) is 15.6. The molecule has 4 rings (SSSR count). The minimum absolute atomic E-state index is 0.136. The number of hydrogen-bond acceptors (Lipinski definition) is 3. The van der Waals surface area contributed by atoms with E-state index >= 15 is 0 Å². The lowest BCUT2D eigenvalue weighted by molar-refractivity contribution is -0.137. The number of aryl methyl sites for hydroxylation is 1. The van der Waals surface area contributed by atoms with Gasteiger partial charge in [0.25, 0.3) is 11.7 Å². The number of rotatable bonds is 3. The van der Waals surface area contributed by atoms with Gasteiger partial charge >= 0.3 is 6.18 Å². The molecule has 0 unspecified atom stereocenters. The summed E-state index contributed by atoms with van der Waals surface area (Å²) < 4.78 is 54.7. The van der Waals surface area contributed by atoms with Crippen molar-refractivity contribution in [3.8, 4) is 0 Å². The predicted molar refractivity (Wildman–Crippen MR) is 114 cm³/mol. The van der Waals surface area contributed by atoms with Gasteiger partial charge < -0.3 is 5.11 Å². The number of ketones is 1. The Morgan fingerprint density at radius 2 is 1.61 bits per heavy atom. The number of carbonyl (C=O) groups is 2. The second-order valence-corrected chi connectivity index (χ2v) is 7.60. The Labute approximate surface area is 186 Å². The number of nitrogens with zero attached hydrogens (tertiary/aromatic N) is 1. The van der Waals surface area contributed by atoms with Crippen LogP contribution in [0.1, 0.15) is 28.3 Å². The van der Waals surface area contributed by atoms with Gasteiger partial charge in [-0.1, -0.05) is 54.1 Å². The van der Waals surface area contributed by atoms with E-state index in [9.17, 15) is 32.3 Å². The van der Waals surface area contributed by atoms with Gasteiger partial charge in [-0.3, -0.25) is 14.5 Å². The molecule has 4 nitrogen and oxygen atoms in total. The number of aliphatic hydroxyl groups excluding tert-OH is 1. The first-order valence-corrected chi connectivity index (χ1v) is 9.89. The van der Waals surface area contributed by atoms with E-state index in [1.54, 1.807) is 12.1 Å². The van der Waals surface area contributed by atoms with Crippen LogP contribution in [0, 0.1) is 12.7 Å². The number of hydrogen-bond donors (Lipinski definition) is 1. The molecule has 168 valence electrons. The Balaban J connectivity index is 1.97. The van der Waals surface area contributed by atoms with Crippen LogP contribution in [-0.2, 0) is 15.8 Å². The van der Waals surface area contributed by atoms with Gasteiger partial charge in [-0.25, -0.2) is 4.39 Å². The summed E-state index contributed by atoms with van der Waals surface area (Å²) in [7, 11) is 0. The number of halogens is 4. The van der Waals surface area contributed by atoms with Crippen molar-refractivity contribution >= 4 is 23.1 Å². The van der Waals surface area contributed by atoms with Crippen LogP contribution < -0.4 is 4.90 Å². The Hall–Kier alpha value is -3.94. The molecule has 1 fully saturated rings. The standard InChI is InChI=1S/C25H17F4NO3/c1-14-9-11-15(12-10-14)22(31)20-21(18-7-2-3-8-19(18)26)30(24(33)23(20)32)17-6-4-5-16(13-17)25(27,28)29/h2-13,21,31H,1H3/t21-/m1/s1. The molecule has 1 saturated heterocycles. The van der Waals surface area contributed by atoms with E-state index in [4.69, 9.17) is 0 Å². The van der Waals surface area contributed by atoms with E-state index in [0.717, 1.165) is 28.7 Å². The summed E-state index contributed by atoms with van der Waals surface area (Å²) in [5.41, 5.74) is -0.740. The maximum Gasteiger partial charge on any atom is 0.416 e. The molecule has 0 radical (unpaired) electrons. The lowest BCUT2D eigenvalue weighted by Gasteiger charge is -2.26. The van der Waals surface area contributed by atoms with Crippen molar-refractivity contribution in [3.05, 3.63) is 106 Å². The second-order valence-electron chi connectivity index (χ2n) is 7.60. The van der Waals surface area contributed by atoms with Gasteiger partial charge in [-0.2, -0.15) is 13.2 Å². The van der Waals surface area contributed by atoms with E-state index in [1.807, 2.05) is 6.92 Å². The Morgan fingerprint density at radius 3 is 2.24 bits per heavy atom. The molecule has 33 heavy (non-hydrogen) atoms. The van der Waals surface area contributed by atoms with E-state index in [2.05, 4.69) is 0 Å². The third-order valence-corrected chi connectivity index (χ3v) is 5.42. The smallest absolute Gasteiger partial charge is 0.416 e. The van der Waals surface area contributed by atoms with Crippen molar-refractivity contribution in [2.45, 2.75) is 19.1 Å². The molecule has 0 bridgehead atoms. The SMILES string of the molecule is Cc1ccc(C(O)=C2C(=O)C(=O)N(c3cccc(C(F)(F)F)c3)[C@@H]2c2ccccc2F)cc1. The van der Waals surface area contributed by atoms with Crippen molar-refractivity contribution < 1.29 is 32.3 Å². The normalized spacial score (nSPS) is 18.1. The van der Waals surface area contributed by atoms with E-state index in [1.165, 1.54) is 36.4 Å². The number of aliphatic hydroxyl groups is 1. The van der Waals surface area contributed by atoms with Crippen LogP contribution in [0.4, 0.5) is 23.2 Å². The molecule has 1 aliphatic rings. The van der Waals surface area contributed by atoms with Gasteiger partial charge in [0.2, 0.25) is 0 Å². The molecule has 0 saturated carbocycles. The zero-order valence-corrected chi connectivity index (χ0v) is 17.2. The van der Waals surface area contributed by atoms with E-state index in [0.29, 0.717) is 6.07 Å². The minimum atomic E-state index is -4.70. The van der Waals surface area contributed by atoms with Crippen LogP contribution >= 0.6 is 0 Å². The lowest BCUT2D eigenvalue weighted by atomic mass is 9.94. The van der Waals surface area contributed by atoms with Crippen LogP contribution in [0.2, 0.25) is 0 Å². The van der Waals surface area contributed by atoms with Gasteiger partial charge in [0.15, 0.2) is 0 Å². The molecule has 1 aliphatic heterocycles. The molecule has 8 heteroatoms. The van der Waals surface area contributed by atoms with Crippen LogP contribution in [0.3, 0.4) is 0 Å². The minimum Gasteiger partial charge on any atom is -0.507 e. The summed E-state index contributed by atoms with van der Waals surface area (Å²) in [6.45, 7) is 1.82. The van der Waals surface area contributed by atoms with Gasteiger partial charge in [-0.05, 0) is 31.2 Å². The average molecular weight is 455 g/mol. The average Bonchev–Trinajstić information content (AvgIpc) is 3.04. The number of carbonyl (C=O) groups excluding carboxylic acids is 2. The molecule has 1 heterocycles. The summed E-state index contributed by atoms with van der Waals surface area (Å²) in [6, 6.07) is 14.1. The highest BCUT2D eigenvalue weighted by Gasteiger charge is 2.48. The Kier molecular flexibility index (Phi) is 5.53. The molecule has 1 atom stereocenters. The summed E-state index contributed by atoms with van der Waals surface area (Å²) in [4.78, 5) is 26.8. The van der Waals surface area contributed by atoms with Gasteiger partial charge in [0, 0.05) is 16.8 Å². The highest BCUT2D eigenvalue weighted by Crippen LogP contribution is 2.44. The predicted octanol–water partition coefficient (Wildman–Crippen LogP) is 5.78. The number of alkyl halides is 3. The lowest BCUT2D eigenvalue weighted by Crippen LogP contribution is -2.30. The maximum atomic E-state index is 14.8. The molecule has 3 aromatic carbocycles. The topological polar surface area (TPSA) is 57.6 Å². The van der Waals surface area contributed by atoms with Crippen molar-refractivity contribution in [2.75, 3.05) is 4.90 Å². The van der Waals surface area contributed by atoms with Crippen molar-refractivity contribution in [1.29, 1.82) is 0 Å². The van der Waals surface area contributed by atoms with Crippen LogP contribution in [0.15, 0.2) is 78.4 Å². The zero-order chi connectivity index (χ0) is 23.9. The Bertz CT molecular complexity index is 1280. The highest BCUT2D eigenvalue weighted by atomic mass is 19.4. The van der Waals surface area contributed by atoms with E-state index < -0.39 is 46.6 Å². The first-order valence-electron chi connectivity index (χ1n) is 9.89. The summed E-state index contributed by atoms with van der Waals surface area (Å²) in [5.74, 6) is -3.62. The van der Waals surface area contributed by atoms with Gasteiger partial charge in [0.05, 0.1) is 17.2 Å². The maximum absolute atomic E-state index is 14.8. The quantitative estimate of drug-likeness (QED) is 0.236. The summed E-state index contributed by atoms with van der Waals surface area (Å²) >= 11 is 0. The third-order valence-electron chi connectivity index (χ3n) is 5.42. The molecule has 0 spiro atoms. The molecule has 0 aromatic heterocycles. The molecule has 3 aromatic rings. The van der Waals surface area contributed by atoms with Crippen LogP contribution in [0.5, 0.6) is 0 Å². The largest absolute Gasteiger partial charge is 0.507 e. The fourth-order valence-electron chi connectivity index (χ4n) is 3.79. The molecule has 0 aliphatic carbocycles. The van der Waals surface area contributed by atoms with Crippen molar-refractivity contribution in [2.24, 2.45) is 0 Å². The number of anilines is 1. The van der Waals surface area contributed by atoms with Gasteiger partial charge in [-0.15, -0.1) is 0 Å². The van der Waals surface area contributed by atoms with E-state index in [-0.39, 0.29) is 16.8 Å². The molecule has 1 N–H and O–H groups in total. The van der Waals surface area contributed by atoms with Crippen molar-refractivity contribution in [1.82, 2.24) is 0 Å². The summed E-state index contributed by atoms with van der Waals surface area (Å²) in [5, 5.41) is 10.9. The fraction of sp³-hybridized carbons (Fsp3) is 0.120. The highest BCUT2D eigenvalue weighted by molar-refractivity contribution is 6.51. The Morgan fingerprint density at radius 1 is 0.939 bits per heavy atom. The summed E-state index contributed by atoms with van der Waals surface area (Å²) in [6.07, 6.45) is -4.70. The third kappa shape index (κ3) is 4.00. The number of benzene rings is 3. The van der Waals surface area contributed by atoms with Gasteiger partial charge in [0.1, 0.15) is 11.6 Å². The van der Waals surface area contributed by atoms with Crippen molar-refractivity contribution in [3.63, 3.8) is 0 Å². The van der Waals surface area contributed by atoms with Crippen LogP contribution in [-0.4, -0.2) is 16.8 Å².